The number of nitrogens with zero attached hydrogens (tertiary/aromatic N) is 4. The molecule has 194 valence electrons. The second-order valence-electron chi connectivity index (χ2n) is 9.38. The van der Waals surface area contributed by atoms with Gasteiger partial charge >= 0.3 is 5.69 Å². The molecule has 1 amide bonds. The molecular weight excluding hydrogens is 490 g/mol. The van der Waals surface area contributed by atoms with Crippen LogP contribution in [0.4, 0.5) is 5.69 Å². The van der Waals surface area contributed by atoms with Gasteiger partial charge in [-0.05, 0) is 37.0 Å². The number of phenolic OH excluding ortho intramolecular Hbond substituents is 2. The zero-order chi connectivity index (χ0) is 26.8. The molecule has 11 nitrogen and oxygen atoms in total. The van der Waals surface area contributed by atoms with Crippen LogP contribution in [0.1, 0.15) is 58.4 Å². The van der Waals surface area contributed by atoms with Gasteiger partial charge < -0.3 is 15.5 Å². The first kappa shape index (κ1) is 24.9. The van der Waals surface area contributed by atoms with E-state index in [4.69, 9.17) is 0 Å². The molecule has 0 spiro atoms. The number of phenols is 2. The first-order chi connectivity index (χ1) is 18.3. The molecule has 0 unspecified atom stereocenters. The maximum absolute atomic E-state index is 13.0. The van der Waals surface area contributed by atoms with Crippen LogP contribution >= 0.6 is 0 Å². The summed E-state index contributed by atoms with van der Waals surface area (Å²) in [6.07, 6.45) is 8.62. The summed E-state index contributed by atoms with van der Waals surface area (Å²) in [5.74, 6) is -1.95. The number of nitrogens with one attached hydrogen (secondary N) is 1. The van der Waals surface area contributed by atoms with Crippen molar-refractivity contribution in [3.8, 4) is 22.8 Å². The lowest BCUT2D eigenvalue weighted by Crippen LogP contribution is -2.30. The molecule has 2 aromatic carbocycles. The summed E-state index contributed by atoms with van der Waals surface area (Å²) in [6.45, 7) is 0.686. The molecule has 0 radical (unpaired) electrons. The number of carbonyl (C=O) groups excluding carboxylic acids is 2. The number of nitro benzene ring substituents is 1. The zero-order valence-corrected chi connectivity index (χ0v) is 20.3. The minimum absolute atomic E-state index is 0.0387. The number of carbonyl (C=O) groups is 2. The quantitative estimate of drug-likeness (QED) is 0.187. The summed E-state index contributed by atoms with van der Waals surface area (Å²) in [5, 5.41) is 38.9. The molecule has 3 N–H and O–H groups in total. The number of fused-ring (bicyclic) bond motifs is 1. The van der Waals surface area contributed by atoms with Crippen LogP contribution in [-0.2, 0) is 0 Å². The Bertz CT molecular complexity index is 1540. The van der Waals surface area contributed by atoms with Gasteiger partial charge in [0.25, 0.3) is 5.91 Å². The highest BCUT2D eigenvalue weighted by Crippen LogP contribution is 2.37. The summed E-state index contributed by atoms with van der Waals surface area (Å²) in [5.41, 5.74) is 0.939. The monoisotopic (exact) mass is 515 g/mol. The minimum atomic E-state index is -0.927. The van der Waals surface area contributed by atoms with E-state index >= 15 is 0 Å². The van der Waals surface area contributed by atoms with Gasteiger partial charge in [0.15, 0.2) is 5.65 Å². The Balaban J connectivity index is 1.34. The number of hydrogen-bond donors (Lipinski definition) is 3. The average Bonchev–Trinajstić information content (AvgIpc) is 3.35. The molecule has 0 saturated heterocycles. The Morgan fingerprint density at radius 3 is 2.50 bits per heavy atom. The van der Waals surface area contributed by atoms with E-state index in [1.165, 1.54) is 36.2 Å². The molecule has 1 fully saturated rings. The standard InChI is InChI=1S/C27H25N5O6/c33-22-11-10-21(32(37)38)26(35)24(22)25(34)19-14-28-23-12-20(30-31(23)15-19)17-6-8-18(9-7-17)27(36)29-13-16-4-2-1-3-5-16/h6-12,14-16,33,35H,1-5,13H2,(H,29,36). The second kappa shape index (κ2) is 10.3. The van der Waals surface area contributed by atoms with Crippen LogP contribution in [0.2, 0.25) is 0 Å². The summed E-state index contributed by atoms with van der Waals surface area (Å²) >= 11 is 0. The lowest BCUT2D eigenvalue weighted by Gasteiger charge is -2.21. The maximum Gasteiger partial charge on any atom is 0.311 e. The molecule has 0 aliphatic heterocycles. The summed E-state index contributed by atoms with van der Waals surface area (Å²) in [6, 6.07) is 10.6. The van der Waals surface area contributed by atoms with Gasteiger partial charge in [-0.3, -0.25) is 19.7 Å². The Labute approximate surface area is 216 Å². The molecule has 1 saturated carbocycles. The molecule has 1 aliphatic rings. The topological polar surface area (TPSA) is 160 Å². The van der Waals surface area contributed by atoms with E-state index in [1.807, 2.05) is 0 Å². The van der Waals surface area contributed by atoms with E-state index in [9.17, 15) is 29.9 Å². The van der Waals surface area contributed by atoms with Gasteiger partial charge in [0.1, 0.15) is 11.3 Å². The van der Waals surface area contributed by atoms with Crippen molar-refractivity contribution < 1.29 is 24.7 Å². The van der Waals surface area contributed by atoms with Crippen LogP contribution in [0.15, 0.2) is 54.9 Å². The maximum atomic E-state index is 13.0. The zero-order valence-electron chi connectivity index (χ0n) is 20.3. The van der Waals surface area contributed by atoms with Crippen molar-refractivity contribution in [3.05, 3.63) is 81.7 Å². The highest BCUT2D eigenvalue weighted by atomic mass is 16.6. The van der Waals surface area contributed by atoms with E-state index in [0.29, 0.717) is 29.4 Å². The fraction of sp³-hybridized carbons (Fsp3) is 0.259. The predicted molar refractivity (Wildman–Crippen MR) is 137 cm³/mol. The van der Waals surface area contributed by atoms with Crippen LogP contribution in [0.25, 0.3) is 16.9 Å². The minimum Gasteiger partial charge on any atom is -0.507 e. The van der Waals surface area contributed by atoms with Crippen molar-refractivity contribution >= 4 is 23.0 Å². The Morgan fingerprint density at radius 1 is 1.05 bits per heavy atom. The summed E-state index contributed by atoms with van der Waals surface area (Å²) in [4.78, 5) is 40.0. The average molecular weight is 516 g/mol. The van der Waals surface area contributed by atoms with Gasteiger partial charge in [0.2, 0.25) is 11.5 Å². The number of hydrogen-bond acceptors (Lipinski definition) is 8. The van der Waals surface area contributed by atoms with Gasteiger partial charge in [0.05, 0.1) is 16.2 Å². The molecule has 38 heavy (non-hydrogen) atoms. The van der Waals surface area contributed by atoms with Crippen LogP contribution < -0.4 is 5.32 Å². The fourth-order valence-corrected chi connectivity index (χ4v) is 4.74. The van der Waals surface area contributed by atoms with Gasteiger partial charge in [-0.15, -0.1) is 0 Å². The molecule has 0 bridgehead atoms. The Morgan fingerprint density at radius 2 is 1.79 bits per heavy atom. The second-order valence-corrected chi connectivity index (χ2v) is 9.38. The van der Waals surface area contributed by atoms with Gasteiger partial charge in [-0.1, -0.05) is 31.4 Å². The van der Waals surface area contributed by atoms with E-state index in [2.05, 4.69) is 15.4 Å². The number of aromatic nitrogens is 3. The van der Waals surface area contributed by atoms with Crippen LogP contribution in [0.5, 0.6) is 11.5 Å². The van der Waals surface area contributed by atoms with Gasteiger partial charge in [0, 0.05) is 42.2 Å². The lowest BCUT2D eigenvalue weighted by atomic mass is 9.89. The third-order valence-electron chi connectivity index (χ3n) is 6.85. The van der Waals surface area contributed by atoms with Crippen LogP contribution in [0, 0.1) is 16.0 Å². The largest absolute Gasteiger partial charge is 0.507 e. The highest BCUT2D eigenvalue weighted by Gasteiger charge is 2.26. The molecule has 1 aliphatic carbocycles. The lowest BCUT2D eigenvalue weighted by molar-refractivity contribution is -0.385. The number of nitro groups is 1. The van der Waals surface area contributed by atoms with Crippen molar-refractivity contribution in [3.63, 3.8) is 0 Å². The molecular formula is C27H25N5O6. The van der Waals surface area contributed by atoms with E-state index in [0.717, 1.165) is 30.5 Å². The van der Waals surface area contributed by atoms with Crippen molar-refractivity contribution in [1.29, 1.82) is 0 Å². The van der Waals surface area contributed by atoms with Crippen molar-refractivity contribution in [2.75, 3.05) is 6.54 Å². The normalized spacial score (nSPS) is 13.9. The molecule has 2 heterocycles. The Kier molecular flexibility index (Phi) is 6.73. The van der Waals surface area contributed by atoms with Gasteiger partial charge in [-0.25, -0.2) is 9.50 Å². The van der Waals surface area contributed by atoms with E-state index in [1.54, 1.807) is 30.3 Å². The van der Waals surface area contributed by atoms with Crippen molar-refractivity contribution in [2.24, 2.45) is 5.92 Å². The first-order valence-corrected chi connectivity index (χ1v) is 12.3. The number of ketones is 1. The Hall–Kier alpha value is -4.80. The smallest absolute Gasteiger partial charge is 0.311 e. The highest BCUT2D eigenvalue weighted by molar-refractivity contribution is 6.12. The number of benzene rings is 2. The van der Waals surface area contributed by atoms with Crippen LogP contribution in [-0.4, -0.2) is 48.0 Å². The summed E-state index contributed by atoms with van der Waals surface area (Å²) in [7, 11) is 0. The first-order valence-electron chi connectivity index (χ1n) is 12.3. The molecule has 2 aromatic heterocycles. The summed E-state index contributed by atoms with van der Waals surface area (Å²) < 4.78 is 1.36. The van der Waals surface area contributed by atoms with E-state index < -0.39 is 33.5 Å². The number of rotatable bonds is 7. The van der Waals surface area contributed by atoms with Gasteiger partial charge in [-0.2, -0.15) is 5.10 Å². The molecule has 0 atom stereocenters. The van der Waals surface area contributed by atoms with Crippen molar-refractivity contribution in [1.82, 2.24) is 19.9 Å². The third kappa shape index (κ3) is 4.90. The van der Waals surface area contributed by atoms with Crippen molar-refractivity contribution in [2.45, 2.75) is 32.1 Å². The fourth-order valence-electron chi connectivity index (χ4n) is 4.74. The molecule has 5 rings (SSSR count). The molecule has 11 heteroatoms. The van der Waals surface area contributed by atoms with E-state index in [-0.39, 0.29) is 11.5 Å². The number of amides is 1. The molecule has 4 aromatic rings. The SMILES string of the molecule is O=C(NCC1CCCCC1)c1ccc(-c2cc3ncc(C(=O)c4c(O)ccc([N+](=O)[O-])c4O)cn3n2)cc1. The predicted octanol–water partition coefficient (Wildman–Crippen LogP) is 4.26. The van der Waals surface area contributed by atoms with Crippen LogP contribution in [0.3, 0.4) is 0 Å². The number of aromatic hydroxyl groups is 2. The third-order valence-corrected chi connectivity index (χ3v) is 6.85.